The first-order chi connectivity index (χ1) is 9.71. The molecule has 0 saturated heterocycles. The van der Waals surface area contributed by atoms with E-state index >= 15 is 0 Å². The number of hydrogen-bond acceptors (Lipinski definition) is 5. The summed E-state index contributed by atoms with van der Waals surface area (Å²) < 4.78 is 24.5. The van der Waals surface area contributed by atoms with Gasteiger partial charge in [-0.2, -0.15) is 5.10 Å². The topological polar surface area (TPSA) is 121 Å². The Labute approximate surface area is 121 Å². The van der Waals surface area contributed by atoms with Gasteiger partial charge in [-0.25, -0.2) is 13.6 Å². The fourth-order valence-corrected chi connectivity index (χ4v) is 3.20. The average molecular weight is 310 g/mol. The van der Waals surface area contributed by atoms with Gasteiger partial charge in [-0.3, -0.25) is 14.8 Å². The van der Waals surface area contributed by atoms with Crippen molar-refractivity contribution in [1.82, 2.24) is 9.78 Å². The second-order valence-electron chi connectivity index (χ2n) is 4.59. The third-order valence-corrected chi connectivity index (χ3v) is 4.27. The summed E-state index contributed by atoms with van der Waals surface area (Å²) in [5.74, 6) is 0. The Kier molecular flexibility index (Phi) is 3.79. The number of rotatable bonds is 4. The maximum atomic E-state index is 11.5. The normalized spacial score (nSPS) is 11.6. The first-order valence-corrected chi connectivity index (χ1v) is 7.55. The van der Waals surface area contributed by atoms with Gasteiger partial charge in [0.05, 0.1) is 28.4 Å². The summed E-state index contributed by atoms with van der Waals surface area (Å²) in [6, 6.07) is 6.24. The van der Waals surface area contributed by atoms with E-state index < -0.39 is 14.9 Å². The van der Waals surface area contributed by atoms with E-state index in [2.05, 4.69) is 5.10 Å². The van der Waals surface area contributed by atoms with Crippen molar-refractivity contribution in [2.45, 2.75) is 25.3 Å². The van der Waals surface area contributed by atoms with Crippen molar-refractivity contribution in [3.8, 4) is 0 Å². The van der Waals surface area contributed by atoms with Crippen molar-refractivity contribution >= 4 is 15.7 Å². The van der Waals surface area contributed by atoms with Crippen LogP contribution in [0.3, 0.4) is 0 Å². The second-order valence-corrected chi connectivity index (χ2v) is 6.09. The van der Waals surface area contributed by atoms with Gasteiger partial charge in [0.15, 0.2) is 0 Å². The molecule has 0 aliphatic carbocycles. The predicted octanol–water partition coefficient (Wildman–Crippen LogP) is 1.10. The average Bonchev–Trinajstić information content (AvgIpc) is 2.64. The number of para-hydroxylation sites is 1. The number of aryl methyl sites for hydroxylation is 1. The van der Waals surface area contributed by atoms with Crippen LogP contribution in [0.1, 0.15) is 17.0 Å². The number of nitro benzene ring substituents is 1. The van der Waals surface area contributed by atoms with Crippen LogP contribution in [-0.4, -0.2) is 23.1 Å². The number of hydrogen-bond donors (Lipinski definition) is 1. The lowest BCUT2D eigenvalue weighted by Crippen LogP contribution is -2.14. The molecule has 0 amide bonds. The van der Waals surface area contributed by atoms with Crippen LogP contribution in [0.4, 0.5) is 5.69 Å². The number of nitrogens with two attached hydrogens (primary N) is 1. The van der Waals surface area contributed by atoms with E-state index in [0.29, 0.717) is 11.3 Å². The van der Waals surface area contributed by atoms with Crippen LogP contribution in [-0.2, 0) is 16.6 Å². The van der Waals surface area contributed by atoms with Crippen LogP contribution in [0.5, 0.6) is 0 Å². The zero-order valence-corrected chi connectivity index (χ0v) is 12.3. The molecule has 0 bridgehead atoms. The Bertz CT molecular complexity index is 811. The molecule has 8 nitrogen and oxygen atoms in total. The fourth-order valence-electron chi connectivity index (χ4n) is 2.23. The van der Waals surface area contributed by atoms with E-state index in [0.717, 1.165) is 0 Å². The summed E-state index contributed by atoms with van der Waals surface area (Å²) in [4.78, 5) is 10.5. The largest absolute Gasteiger partial charge is 0.274 e. The molecule has 0 unspecified atom stereocenters. The fraction of sp³-hybridized carbons (Fsp3) is 0.250. The van der Waals surface area contributed by atoms with Gasteiger partial charge in [0.25, 0.3) is 5.69 Å². The zero-order chi connectivity index (χ0) is 15.8. The maximum Gasteiger partial charge on any atom is 0.274 e. The summed E-state index contributed by atoms with van der Waals surface area (Å²) >= 11 is 0. The van der Waals surface area contributed by atoms with Crippen LogP contribution in [0.15, 0.2) is 29.2 Å². The zero-order valence-electron chi connectivity index (χ0n) is 11.5. The molecule has 1 heterocycles. The smallest absolute Gasteiger partial charge is 0.264 e. The van der Waals surface area contributed by atoms with E-state index in [4.69, 9.17) is 5.14 Å². The lowest BCUT2D eigenvalue weighted by Gasteiger charge is -2.06. The van der Waals surface area contributed by atoms with Crippen molar-refractivity contribution in [1.29, 1.82) is 0 Å². The van der Waals surface area contributed by atoms with Crippen molar-refractivity contribution in [2.24, 2.45) is 5.14 Å². The number of benzene rings is 1. The lowest BCUT2D eigenvalue weighted by molar-refractivity contribution is -0.385. The molecule has 0 atom stereocenters. The van der Waals surface area contributed by atoms with Gasteiger partial charge >= 0.3 is 0 Å². The number of sulfonamides is 1. The molecule has 0 saturated carbocycles. The third-order valence-electron chi connectivity index (χ3n) is 3.11. The van der Waals surface area contributed by atoms with Crippen molar-refractivity contribution < 1.29 is 13.3 Å². The molecule has 1 aromatic heterocycles. The molecule has 0 radical (unpaired) electrons. The molecule has 1 aromatic carbocycles. The molecule has 0 spiro atoms. The summed E-state index contributed by atoms with van der Waals surface area (Å²) in [7, 11) is -3.88. The molecule has 0 fully saturated rings. The summed E-state index contributed by atoms with van der Waals surface area (Å²) in [6.45, 7) is 3.19. The summed E-state index contributed by atoms with van der Waals surface area (Å²) in [5, 5.41) is 20.2. The van der Waals surface area contributed by atoms with Crippen LogP contribution >= 0.6 is 0 Å². The molecule has 112 valence electrons. The maximum absolute atomic E-state index is 11.5. The minimum absolute atomic E-state index is 0.0396. The number of nitro groups is 1. The number of aromatic nitrogens is 2. The monoisotopic (exact) mass is 310 g/mol. The molecule has 0 aliphatic heterocycles. The second kappa shape index (κ2) is 5.26. The Morgan fingerprint density at radius 3 is 2.48 bits per heavy atom. The highest BCUT2D eigenvalue weighted by Crippen LogP contribution is 2.22. The van der Waals surface area contributed by atoms with E-state index in [-0.39, 0.29) is 22.8 Å². The molecule has 2 N–H and O–H groups in total. The van der Waals surface area contributed by atoms with Crippen molar-refractivity contribution in [2.75, 3.05) is 0 Å². The molecular formula is C12H14N4O4S. The van der Waals surface area contributed by atoms with Crippen molar-refractivity contribution in [3.63, 3.8) is 0 Å². The number of primary sulfonamides is 1. The lowest BCUT2D eigenvalue weighted by atomic mass is 10.2. The summed E-state index contributed by atoms with van der Waals surface area (Å²) in [5.41, 5.74) is 1.03. The standard InChI is InChI=1S/C12H14N4O4S/c1-8-12(21(13,19)20)9(2)15(14-8)7-10-5-3-4-6-11(10)16(17)18/h3-6H,7H2,1-2H3,(H2,13,19,20). The molecule has 0 aliphatic rings. The molecular weight excluding hydrogens is 296 g/mol. The van der Waals surface area contributed by atoms with Gasteiger partial charge in [0.2, 0.25) is 10.0 Å². The van der Waals surface area contributed by atoms with Gasteiger partial charge in [0, 0.05) is 6.07 Å². The minimum Gasteiger partial charge on any atom is -0.264 e. The number of nitrogens with zero attached hydrogens (tertiary/aromatic N) is 3. The Morgan fingerprint density at radius 2 is 1.95 bits per heavy atom. The van der Waals surface area contributed by atoms with Gasteiger partial charge in [0.1, 0.15) is 4.90 Å². The van der Waals surface area contributed by atoms with E-state index in [1.54, 1.807) is 25.1 Å². The molecule has 21 heavy (non-hydrogen) atoms. The van der Waals surface area contributed by atoms with Gasteiger partial charge in [-0.1, -0.05) is 18.2 Å². The highest BCUT2D eigenvalue weighted by molar-refractivity contribution is 7.89. The third kappa shape index (κ3) is 2.93. The van der Waals surface area contributed by atoms with Crippen LogP contribution in [0.2, 0.25) is 0 Å². The van der Waals surface area contributed by atoms with E-state index in [1.807, 2.05) is 0 Å². The van der Waals surface area contributed by atoms with Crippen molar-refractivity contribution in [3.05, 3.63) is 51.3 Å². The first-order valence-electron chi connectivity index (χ1n) is 6.01. The van der Waals surface area contributed by atoms with Gasteiger partial charge in [-0.05, 0) is 13.8 Å². The SMILES string of the molecule is Cc1nn(Cc2ccccc2[N+](=O)[O-])c(C)c1S(N)(=O)=O. The van der Waals surface area contributed by atoms with Gasteiger partial charge in [-0.15, -0.1) is 0 Å². The quantitative estimate of drug-likeness (QED) is 0.669. The highest BCUT2D eigenvalue weighted by Gasteiger charge is 2.22. The predicted molar refractivity (Wildman–Crippen MR) is 75.3 cm³/mol. The van der Waals surface area contributed by atoms with E-state index in [9.17, 15) is 18.5 Å². The molecule has 9 heteroatoms. The Hall–Kier alpha value is -2.26. The Morgan fingerprint density at radius 1 is 1.33 bits per heavy atom. The molecule has 2 aromatic rings. The summed E-state index contributed by atoms with van der Waals surface area (Å²) in [6.07, 6.45) is 0. The first kappa shape index (κ1) is 15.1. The van der Waals surface area contributed by atoms with Crippen LogP contribution < -0.4 is 5.14 Å². The highest BCUT2D eigenvalue weighted by atomic mass is 32.2. The minimum atomic E-state index is -3.88. The van der Waals surface area contributed by atoms with Gasteiger partial charge < -0.3 is 0 Å². The Balaban J connectivity index is 2.50. The van der Waals surface area contributed by atoms with E-state index in [1.165, 1.54) is 17.7 Å². The molecule has 2 rings (SSSR count). The van der Waals surface area contributed by atoms with Crippen LogP contribution in [0.25, 0.3) is 0 Å². The van der Waals surface area contributed by atoms with Crippen LogP contribution in [0, 0.1) is 24.0 Å².